The number of rotatable bonds is 6. The number of hydrogen-bond donors (Lipinski definition) is 0. The summed E-state index contributed by atoms with van der Waals surface area (Å²) in [7, 11) is 0. The molecule has 0 unspecified atom stereocenters. The van der Waals surface area contributed by atoms with Crippen LogP contribution in [0.25, 0.3) is 0 Å². The largest absolute Gasteiger partial charge is 0.527 e. The molecule has 0 aliphatic rings. The molecule has 1 nitrogen and oxygen atoms in total. The van der Waals surface area contributed by atoms with Crippen molar-refractivity contribution < 1.29 is 75.0 Å². The highest BCUT2D eigenvalue weighted by Crippen LogP contribution is 2.59. The summed E-state index contributed by atoms with van der Waals surface area (Å²) in [4.78, 5) is 0. The molecule has 0 N–H and O–H groups in total. The summed E-state index contributed by atoms with van der Waals surface area (Å²) in [5, 5.41) is 0. The van der Waals surface area contributed by atoms with E-state index in [0.717, 1.165) is 0 Å². The third kappa shape index (κ3) is 3.74. The van der Waals surface area contributed by atoms with Gasteiger partial charge in [0, 0.05) is 0 Å². The number of allylic oxidation sites excluding steroid dienone is 1. The first-order valence-electron chi connectivity index (χ1n) is 4.93. The van der Waals surface area contributed by atoms with Gasteiger partial charge in [-0.15, -0.1) is 13.2 Å². The van der Waals surface area contributed by atoms with Gasteiger partial charge in [-0.25, -0.2) is 4.74 Å². The van der Waals surface area contributed by atoms with Crippen LogP contribution in [0.2, 0.25) is 0 Å². The summed E-state index contributed by atoms with van der Waals surface area (Å²) in [6, 6.07) is 0. The zero-order valence-electron chi connectivity index (χ0n) is 10.5. The lowest BCUT2D eigenvalue weighted by Crippen LogP contribution is -2.68. The van der Waals surface area contributed by atoms with Gasteiger partial charge in [-0.3, -0.25) is 0 Å². The molecule has 0 radical (unpaired) electrons. The van der Waals surface area contributed by atoms with Crippen molar-refractivity contribution >= 4 is 0 Å². The summed E-state index contributed by atoms with van der Waals surface area (Å²) < 4.78 is 198. The summed E-state index contributed by atoms with van der Waals surface area (Å²) in [6.07, 6.45) is -18.8. The van der Waals surface area contributed by atoms with Crippen molar-refractivity contribution in [3.63, 3.8) is 0 Å². The van der Waals surface area contributed by atoms with Crippen molar-refractivity contribution in [3.8, 4) is 0 Å². The Morgan fingerprint density at radius 2 is 0.880 bits per heavy atom. The van der Waals surface area contributed by atoms with Crippen LogP contribution in [-0.2, 0) is 4.74 Å². The summed E-state index contributed by atoms with van der Waals surface area (Å²) >= 11 is 0. The van der Waals surface area contributed by atoms with E-state index in [0.29, 0.717) is 0 Å². The molecule has 0 fully saturated rings. The molecule has 0 aromatic carbocycles. The molecule has 0 saturated heterocycles. The maximum Gasteiger partial charge on any atom is 0.527 e. The monoisotopic (exact) mass is 416 g/mol. The second-order valence-corrected chi connectivity index (χ2v) is 3.94. The Bertz CT molecular complexity index is 523. The van der Waals surface area contributed by atoms with Crippen LogP contribution in [0.4, 0.5) is 70.2 Å². The summed E-state index contributed by atoms with van der Waals surface area (Å²) in [5.41, 5.74) is 0. The average molecular weight is 416 g/mol. The first-order chi connectivity index (χ1) is 10.6. The zero-order valence-corrected chi connectivity index (χ0v) is 10.5. The first kappa shape index (κ1) is 23.6. The van der Waals surface area contributed by atoms with Crippen LogP contribution in [0.15, 0.2) is 11.9 Å². The third-order valence-corrected chi connectivity index (χ3v) is 2.23. The Balaban J connectivity index is 6.31. The highest BCUT2D eigenvalue weighted by atomic mass is 19.4. The van der Waals surface area contributed by atoms with Crippen molar-refractivity contribution in [3.05, 3.63) is 11.9 Å². The molecule has 0 aliphatic carbocycles. The van der Waals surface area contributed by atoms with Gasteiger partial charge in [0.15, 0.2) is 0 Å². The molecule has 0 atom stereocenters. The van der Waals surface area contributed by atoms with E-state index >= 15 is 0 Å². The predicted molar refractivity (Wildman–Crippen MR) is 42.2 cm³/mol. The van der Waals surface area contributed by atoms with E-state index in [1.165, 1.54) is 4.74 Å². The molecule has 17 heteroatoms. The fourth-order valence-electron chi connectivity index (χ4n) is 1.04. The molecule has 0 aromatic rings. The van der Waals surface area contributed by atoms with Crippen LogP contribution < -0.4 is 0 Å². The maximum absolute atomic E-state index is 12.8. The van der Waals surface area contributed by atoms with E-state index in [2.05, 4.69) is 0 Å². The number of alkyl halides is 13. The van der Waals surface area contributed by atoms with Gasteiger partial charge < -0.3 is 0 Å². The van der Waals surface area contributed by atoms with Gasteiger partial charge in [0.1, 0.15) is 0 Å². The minimum atomic E-state index is -8.20. The molecule has 0 aromatic heterocycles. The second-order valence-electron chi connectivity index (χ2n) is 3.94. The van der Waals surface area contributed by atoms with Crippen LogP contribution in [0.3, 0.4) is 0 Å². The lowest BCUT2D eigenvalue weighted by molar-refractivity contribution is -0.501. The molecule has 0 amide bonds. The molecule has 0 rings (SSSR count). The van der Waals surface area contributed by atoms with E-state index in [1.807, 2.05) is 0 Å². The van der Waals surface area contributed by atoms with Crippen molar-refractivity contribution in [1.82, 2.24) is 0 Å². The van der Waals surface area contributed by atoms with Crippen molar-refractivity contribution in [2.75, 3.05) is 0 Å². The Morgan fingerprint density at radius 3 is 1.16 bits per heavy atom. The third-order valence-electron chi connectivity index (χ3n) is 2.23. The molecule has 0 saturated carbocycles. The van der Waals surface area contributed by atoms with Crippen molar-refractivity contribution in [2.45, 2.75) is 36.2 Å². The van der Waals surface area contributed by atoms with E-state index < -0.39 is 48.1 Å². The van der Waals surface area contributed by atoms with Gasteiger partial charge in [0.05, 0.1) is 0 Å². The summed E-state index contributed by atoms with van der Waals surface area (Å²) in [5.74, 6) is -36.5. The van der Waals surface area contributed by atoms with Gasteiger partial charge in [-0.1, -0.05) is 0 Å². The van der Waals surface area contributed by atoms with Crippen LogP contribution in [0.1, 0.15) is 0 Å². The highest BCUT2D eigenvalue weighted by molar-refractivity contribution is 5.17. The zero-order chi connectivity index (χ0) is 20.9. The van der Waals surface area contributed by atoms with Gasteiger partial charge >= 0.3 is 42.2 Å². The van der Waals surface area contributed by atoms with Crippen LogP contribution in [0, 0.1) is 0 Å². The molecule has 150 valence electrons. The van der Waals surface area contributed by atoms with Gasteiger partial charge in [-0.2, -0.15) is 57.1 Å². The van der Waals surface area contributed by atoms with Crippen molar-refractivity contribution in [2.24, 2.45) is 0 Å². The Morgan fingerprint density at radius 1 is 0.520 bits per heavy atom. The normalized spacial score (nSPS) is 15.4. The van der Waals surface area contributed by atoms with E-state index in [4.69, 9.17) is 0 Å². The topological polar surface area (TPSA) is 9.23 Å². The predicted octanol–water partition coefficient (Wildman–Crippen LogP) is 5.73. The number of halogens is 16. The van der Waals surface area contributed by atoms with Gasteiger partial charge in [0.2, 0.25) is 5.83 Å². The first-order valence-corrected chi connectivity index (χ1v) is 4.93. The molecular weight excluding hydrogens is 416 g/mol. The minimum Gasteiger partial charge on any atom is -0.221 e. The highest BCUT2D eigenvalue weighted by Gasteiger charge is 2.88. The number of hydrogen-bond acceptors (Lipinski definition) is 1. The quantitative estimate of drug-likeness (QED) is 0.503. The smallest absolute Gasteiger partial charge is 0.221 e. The lowest BCUT2D eigenvalue weighted by Gasteiger charge is -2.38. The van der Waals surface area contributed by atoms with E-state index in [-0.39, 0.29) is 0 Å². The molecule has 0 aliphatic heterocycles. The van der Waals surface area contributed by atoms with Crippen LogP contribution >= 0.6 is 0 Å². The van der Waals surface area contributed by atoms with Crippen molar-refractivity contribution in [1.29, 1.82) is 0 Å². The summed E-state index contributed by atoms with van der Waals surface area (Å²) in [6.45, 7) is 0. The minimum absolute atomic E-state index is 1.20. The molecule has 0 bridgehead atoms. The molecular formula is C8F16O. The van der Waals surface area contributed by atoms with E-state index in [9.17, 15) is 70.2 Å². The maximum atomic E-state index is 12.8. The molecule has 0 spiro atoms. The van der Waals surface area contributed by atoms with Crippen LogP contribution in [-0.4, -0.2) is 36.2 Å². The standard InChI is InChI=1S/C8F16O/c9-1(2(10)11)3(12,13)4(14,15)5(16,17)6(18,19)7(20,21)25-8(22,23)24. The second kappa shape index (κ2) is 6.08. The van der Waals surface area contributed by atoms with Gasteiger partial charge in [0.25, 0.3) is 0 Å². The average Bonchev–Trinajstić information content (AvgIpc) is 2.33. The molecule has 0 heterocycles. The Labute approximate surface area is 124 Å². The fraction of sp³-hybridized carbons (Fsp3) is 0.750. The molecule has 25 heavy (non-hydrogen) atoms. The fourth-order valence-corrected chi connectivity index (χ4v) is 1.04. The van der Waals surface area contributed by atoms with Crippen LogP contribution in [0.5, 0.6) is 0 Å². The van der Waals surface area contributed by atoms with Gasteiger partial charge in [-0.05, 0) is 0 Å². The Hall–Kier alpha value is -1.42. The number of ether oxygens (including phenoxy) is 1. The van der Waals surface area contributed by atoms with E-state index in [1.54, 1.807) is 0 Å². The SMILES string of the molecule is FC(F)=C(F)C(F)(F)C(F)(F)C(F)(F)C(F)(F)C(F)(F)OC(F)(F)F. The lowest BCUT2D eigenvalue weighted by atomic mass is 9.97. The Kier molecular flexibility index (Phi) is 5.74.